The van der Waals surface area contributed by atoms with Crippen molar-refractivity contribution in [1.29, 1.82) is 0 Å². The second-order valence-electron chi connectivity index (χ2n) is 4.14. The van der Waals surface area contributed by atoms with Crippen LogP contribution in [0.3, 0.4) is 0 Å². The number of rotatable bonds is 4. The van der Waals surface area contributed by atoms with E-state index >= 15 is 0 Å². The van der Waals surface area contributed by atoms with Gasteiger partial charge in [-0.15, -0.1) is 0 Å². The zero-order valence-corrected chi connectivity index (χ0v) is 10.3. The van der Waals surface area contributed by atoms with Crippen LogP contribution in [0.25, 0.3) is 0 Å². The van der Waals surface area contributed by atoms with Crippen molar-refractivity contribution in [2.45, 2.75) is 33.2 Å². The highest BCUT2D eigenvalue weighted by Crippen LogP contribution is 2.23. The molecule has 0 heterocycles. The van der Waals surface area contributed by atoms with Crippen LogP contribution in [0, 0.1) is 0 Å². The minimum Gasteiger partial charge on any atom is -0.496 e. The Morgan fingerprint density at radius 1 is 1.44 bits per heavy atom. The number of methoxy groups -OCH3 is 1. The van der Waals surface area contributed by atoms with E-state index in [4.69, 9.17) is 4.74 Å². The lowest BCUT2D eigenvalue weighted by Crippen LogP contribution is -2.19. The lowest BCUT2D eigenvalue weighted by molar-refractivity contribution is -0.119. The molecular formula is C13H19NO2. The molecule has 1 aromatic rings. The minimum absolute atomic E-state index is 0.0306. The molecule has 1 N–H and O–H groups in total. The number of carbonyl (C=O) groups is 1. The maximum atomic E-state index is 10.9. The van der Waals surface area contributed by atoms with E-state index < -0.39 is 0 Å². The molecule has 3 nitrogen and oxygen atoms in total. The van der Waals surface area contributed by atoms with E-state index in [2.05, 4.69) is 31.3 Å². The molecule has 0 bridgehead atoms. The highest BCUT2D eigenvalue weighted by molar-refractivity contribution is 5.72. The molecule has 1 amide bonds. The fourth-order valence-electron chi connectivity index (χ4n) is 1.52. The summed E-state index contributed by atoms with van der Waals surface area (Å²) in [4.78, 5) is 10.9. The average molecular weight is 221 g/mol. The normalized spacial score (nSPS) is 10.3. The van der Waals surface area contributed by atoms with Crippen molar-refractivity contribution < 1.29 is 9.53 Å². The SMILES string of the molecule is COc1ccc(C(C)C)cc1CNC(C)=O. The van der Waals surface area contributed by atoms with Gasteiger partial charge in [0.25, 0.3) is 0 Å². The zero-order chi connectivity index (χ0) is 12.1. The summed E-state index contributed by atoms with van der Waals surface area (Å²) in [6.45, 7) is 6.31. The predicted octanol–water partition coefficient (Wildman–Crippen LogP) is 2.45. The van der Waals surface area contributed by atoms with Crippen molar-refractivity contribution in [3.05, 3.63) is 29.3 Å². The van der Waals surface area contributed by atoms with E-state index in [1.807, 2.05) is 6.07 Å². The molecule has 16 heavy (non-hydrogen) atoms. The van der Waals surface area contributed by atoms with E-state index in [0.717, 1.165) is 11.3 Å². The van der Waals surface area contributed by atoms with Gasteiger partial charge in [-0.2, -0.15) is 0 Å². The Hall–Kier alpha value is -1.51. The molecule has 1 aromatic carbocycles. The first-order valence-corrected chi connectivity index (χ1v) is 5.46. The molecule has 0 radical (unpaired) electrons. The van der Waals surface area contributed by atoms with Crippen LogP contribution in [0.4, 0.5) is 0 Å². The van der Waals surface area contributed by atoms with E-state index in [1.54, 1.807) is 7.11 Å². The van der Waals surface area contributed by atoms with Crippen LogP contribution in [0.5, 0.6) is 5.75 Å². The fourth-order valence-corrected chi connectivity index (χ4v) is 1.52. The Labute approximate surface area is 96.8 Å². The van der Waals surface area contributed by atoms with Gasteiger partial charge in [-0.3, -0.25) is 4.79 Å². The van der Waals surface area contributed by atoms with Crippen LogP contribution >= 0.6 is 0 Å². The van der Waals surface area contributed by atoms with Crippen molar-refractivity contribution >= 4 is 5.91 Å². The third-order valence-electron chi connectivity index (χ3n) is 2.50. The summed E-state index contributed by atoms with van der Waals surface area (Å²) in [6, 6.07) is 6.09. The van der Waals surface area contributed by atoms with Gasteiger partial charge in [0, 0.05) is 19.0 Å². The van der Waals surface area contributed by atoms with Crippen LogP contribution in [-0.4, -0.2) is 13.0 Å². The molecule has 88 valence electrons. The van der Waals surface area contributed by atoms with Crippen molar-refractivity contribution in [3.8, 4) is 5.75 Å². The summed E-state index contributed by atoms with van der Waals surface area (Å²) in [7, 11) is 1.64. The lowest BCUT2D eigenvalue weighted by Gasteiger charge is -2.12. The number of hydrogen-bond donors (Lipinski definition) is 1. The van der Waals surface area contributed by atoms with Crippen molar-refractivity contribution in [2.24, 2.45) is 0 Å². The van der Waals surface area contributed by atoms with E-state index in [0.29, 0.717) is 12.5 Å². The number of benzene rings is 1. The van der Waals surface area contributed by atoms with Gasteiger partial charge in [0.15, 0.2) is 0 Å². The lowest BCUT2D eigenvalue weighted by atomic mass is 10.0. The molecule has 0 spiro atoms. The Kier molecular flexibility index (Phi) is 4.35. The van der Waals surface area contributed by atoms with Gasteiger partial charge in [0.2, 0.25) is 5.91 Å². The molecule has 0 aliphatic rings. The number of ether oxygens (including phenoxy) is 1. The molecular weight excluding hydrogens is 202 g/mol. The predicted molar refractivity (Wildman–Crippen MR) is 64.6 cm³/mol. The second-order valence-corrected chi connectivity index (χ2v) is 4.14. The molecule has 0 saturated heterocycles. The number of carbonyl (C=O) groups excluding carboxylic acids is 1. The molecule has 0 fully saturated rings. The Morgan fingerprint density at radius 2 is 2.12 bits per heavy atom. The van der Waals surface area contributed by atoms with Gasteiger partial charge in [-0.25, -0.2) is 0 Å². The molecule has 0 aromatic heterocycles. The van der Waals surface area contributed by atoms with E-state index in [1.165, 1.54) is 12.5 Å². The summed E-state index contributed by atoms with van der Waals surface area (Å²) < 4.78 is 5.26. The van der Waals surface area contributed by atoms with Crippen molar-refractivity contribution in [2.75, 3.05) is 7.11 Å². The van der Waals surface area contributed by atoms with Crippen LogP contribution in [-0.2, 0) is 11.3 Å². The number of nitrogens with one attached hydrogen (secondary N) is 1. The molecule has 0 saturated carbocycles. The van der Waals surface area contributed by atoms with Gasteiger partial charge < -0.3 is 10.1 Å². The first-order chi connectivity index (χ1) is 7.54. The summed E-state index contributed by atoms with van der Waals surface area (Å²) >= 11 is 0. The zero-order valence-electron chi connectivity index (χ0n) is 10.3. The average Bonchev–Trinajstić information content (AvgIpc) is 2.25. The maximum absolute atomic E-state index is 10.9. The highest BCUT2D eigenvalue weighted by atomic mass is 16.5. The van der Waals surface area contributed by atoms with Gasteiger partial charge in [-0.1, -0.05) is 26.0 Å². The maximum Gasteiger partial charge on any atom is 0.217 e. The van der Waals surface area contributed by atoms with Crippen LogP contribution < -0.4 is 10.1 Å². The van der Waals surface area contributed by atoms with E-state index in [-0.39, 0.29) is 5.91 Å². The third kappa shape index (κ3) is 3.26. The first kappa shape index (κ1) is 12.6. The number of hydrogen-bond acceptors (Lipinski definition) is 2. The molecule has 1 rings (SSSR count). The van der Waals surface area contributed by atoms with Crippen LogP contribution in [0.2, 0.25) is 0 Å². The van der Waals surface area contributed by atoms with E-state index in [9.17, 15) is 4.79 Å². The molecule has 0 aliphatic carbocycles. The smallest absolute Gasteiger partial charge is 0.217 e. The van der Waals surface area contributed by atoms with Gasteiger partial charge in [0.1, 0.15) is 5.75 Å². The standard InChI is InChI=1S/C13H19NO2/c1-9(2)11-5-6-13(16-4)12(7-11)8-14-10(3)15/h5-7,9H,8H2,1-4H3,(H,14,15). The van der Waals surface area contributed by atoms with Gasteiger partial charge >= 0.3 is 0 Å². The summed E-state index contributed by atoms with van der Waals surface area (Å²) in [5, 5.41) is 2.78. The quantitative estimate of drug-likeness (QED) is 0.848. The van der Waals surface area contributed by atoms with Crippen LogP contribution in [0.15, 0.2) is 18.2 Å². The minimum atomic E-state index is -0.0306. The molecule has 0 aliphatic heterocycles. The van der Waals surface area contributed by atoms with Crippen LogP contribution in [0.1, 0.15) is 37.8 Å². The Balaban J connectivity index is 2.92. The second kappa shape index (κ2) is 5.54. The van der Waals surface area contributed by atoms with Crippen molar-refractivity contribution in [1.82, 2.24) is 5.32 Å². The molecule has 3 heteroatoms. The van der Waals surface area contributed by atoms with Gasteiger partial charge in [0.05, 0.1) is 7.11 Å². The molecule has 0 unspecified atom stereocenters. The summed E-state index contributed by atoms with van der Waals surface area (Å²) in [5.41, 5.74) is 2.27. The summed E-state index contributed by atoms with van der Waals surface area (Å²) in [6.07, 6.45) is 0. The highest BCUT2D eigenvalue weighted by Gasteiger charge is 2.07. The van der Waals surface area contributed by atoms with Crippen molar-refractivity contribution in [3.63, 3.8) is 0 Å². The topological polar surface area (TPSA) is 38.3 Å². The summed E-state index contributed by atoms with van der Waals surface area (Å²) in [5.74, 6) is 1.26. The monoisotopic (exact) mass is 221 g/mol. The Morgan fingerprint density at radius 3 is 2.62 bits per heavy atom. The molecule has 0 atom stereocenters. The first-order valence-electron chi connectivity index (χ1n) is 5.46. The van der Waals surface area contributed by atoms with Gasteiger partial charge in [-0.05, 0) is 17.5 Å². The third-order valence-corrected chi connectivity index (χ3v) is 2.50. The number of amides is 1. The largest absolute Gasteiger partial charge is 0.496 e. The Bertz CT molecular complexity index is 372. The fraction of sp³-hybridized carbons (Fsp3) is 0.462.